The van der Waals surface area contributed by atoms with E-state index < -0.39 is 6.04 Å². The molecule has 0 saturated carbocycles. The van der Waals surface area contributed by atoms with Crippen molar-refractivity contribution in [1.82, 2.24) is 10.6 Å². The molecule has 1 saturated heterocycles. The molecule has 1 heterocycles. The fourth-order valence-corrected chi connectivity index (χ4v) is 2.03. The molecule has 1 amide bonds. The highest BCUT2D eigenvalue weighted by atomic mass is 16.5. The fraction of sp³-hybridized carbons (Fsp3) is 0.429. The topological polar surface area (TPSA) is 81.2 Å². The van der Waals surface area contributed by atoms with Crippen molar-refractivity contribution in [1.29, 1.82) is 0 Å². The van der Waals surface area contributed by atoms with Gasteiger partial charge in [0.05, 0.1) is 27.4 Å². The number of nitrogens with one attached hydrogen (secondary N) is 2. The Balaban J connectivity index is 2.15. The summed E-state index contributed by atoms with van der Waals surface area (Å²) in [4.78, 5) is 16.2. The van der Waals surface area contributed by atoms with Crippen molar-refractivity contribution in [2.75, 3.05) is 34.5 Å². The molecule has 1 aromatic rings. The molecule has 1 atom stereocenters. The molecular weight excluding hydrogens is 274 g/mol. The summed E-state index contributed by atoms with van der Waals surface area (Å²) in [6.07, 6.45) is 0. The van der Waals surface area contributed by atoms with Crippen molar-refractivity contribution in [2.24, 2.45) is 4.99 Å². The third-order valence-corrected chi connectivity index (χ3v) is 3.09. The minimum Gasteiger partial charge on any atom is -0.493 e. The third-order valence-electron chi connectivity index (χ3n) is 3.09. The molecule has 1 aliphatic rings. The number of amides is 1. The minimum absolute atomic E-state index is 0.154. The Morgan fingerprint density at radius 3 is 2.62 bits per heavy atom. The van der Waals surface area contributed by atoms with Crippen molar-refractivity contribution >= 4 is 11.9 Å². The monoisotopic (exact) mass is 293 g/mol. The molecule has 0 radical (unpaired) electrons. The van der Waals surface area contributed by atoms with Crippen LogP contribution in [0.25, 0.3) is 0 Å². The first kappa shape index (κ1) is 15.1. The Morgan fingerprint density at radius 1 is 1.19 bits per heavy atom. The number of rotatable bonds is 6. The summed E-state index contributed by atoms with van der Waals surface area (Å²) in [5, 5.41) is 5.74. The number of benzene rings is 1. The minimum atomic E-state index is -0.494. The molecule has 0 aromatic heterocycles. The highest BCUT2D eigenvalue weighted by Gasteiger charge is 2.30. The van der Waals surface area contributed by atoms with E-state index in [0.29, 0.717) is 30.6 Å². The second kappa shape index (κ2) is 6.94. The molecular formula is C14H19N3O4. The molecule has 0 spiro atoms. The van der Waals surface area contributed by atoms with E-state index in [1.165, 1.54) is 0 Å². The van der Waals surface area contributed by atoms with Crippen molar-refractivity contribution in [2.45, 2.75) is 6.04 Å². The summed E-state index contributed by atoms with van der Waals surface area (Å²) in [7, 11) is 4.73. The molecule has 2 N–H and O–H groups in total. The summed E-state index contributed by atoms with van der Waals surface area (Å²) in [5.41, 5.74) is 0.780. The van der Waals surface area contributed by atoms with Crippen molar-refractivity contribution in [3.63, 3.8) is 0 Å². The van der Waals surface area contributed by atoms with Gasteiger partial charge in [0.25, 0.3) is 5.91 Å². The van der Waals surface area contributed by atoms with Gasteiger partial charge < -0.3 is 19.5 Å². The Morgan fingerprint density at radius 2 is 1.95 bits per heavy atom. The van der Waals surface area contributed by atoms with E-state index in [9.17, 15) is 4.79 Å². The van der Waals surface area contributed by atoms with Crippen molar-refractivity contribution in [3.8, 4) is 11.5 Å². The largest absolute Gasteiger partial charge is 0.493 e. The Labute approximate surface area is 123 Å². The lowest BCUT2D eigenvalue weighted by Gasteiger charge is -2.12. The molecule has 1 fully saturated rings. The summed E-state index contributed by atoms with van der Waals surface area (Å²) in [6, 6.07) is 4.86. The molecule has 0 aliphatic carbocycles. The van der Waals surface area contributed by atoms with Gasteiger partial charge >= 0.3 is 0 Å². The number of nitrogens with zero attached hydrogens (tertiary/aromatic N) is 1. The smallest absolute Gasteiger partial charge is 0.253 e. The summed E-state index contributed by atoms with van der Waals surface area (Å²) >= 11 is 0. The van der Waals surface area contributed by atoms with E-state index in [4.69, 9.17) is 14.2 Å². The van der Waals surface area contributed by atoms with Crippen LogP contribution in [0.2, 0.25) is 0 Å². The number of methoxy groups -OCH3 is 3. The Hall–Kier alpha value is -2.28. The van der Waals surface area contributed by atoms with Crippen LogP contribution in [0.15, 0.2) is 23.2 Å². The first-order chi connectivity index (χ1) is 10.2. The van der Waals surface area contributed by atoms with Crippen LogP contribution in [-0.2, 0) is 9.53 Å². The zero-order valence-electron chi connectivity index (χ0n) is 12.3. The molecule has 7 heteroatoms. The van der Waals surface area contributed by atoms with Gasteiger partial charge in [0.15, 0.2) is 17.5 Å². The van der Waals surface area contributed by atoms with Crippen LogP contribution in [0.5, 0.6) is 11.5 Å². The van der Waals surface area contributed by atoms with Crippen LogP contribution in [0.3, 0.4) is 0 Å². The Bertz CT molecular complexity index is 545. The van der Waals surface area contributed by atoms with Gasteiger partial charge in [0.1, 0.15) is 6.04 Å². The number of guanidine groups is 1. The van der Waals surface area contributed by atoms with E-state index in [0.717, 1.165) is 5.56 Å². The van der Waals surface area contributed by atoms with E-state index in [-0.39, 0.29) is 5.91 Å². The average molecular weight is 293 g/mol. The lowest BCUT2D eigenvalue weighted by Crippen LogP contribution is -2.26. The van der Waals surface area contributed by atoms with Crippen molar-refractivity contribution in [3.05, 3.63) is 23.8 Å². The third kappa shape index (κ3) is 3.43. The van der Waals surface area contributed by atoms with Gasteiger partial charge in [-0.2, -0.15) is 0 Å². The van der Waals surface area contributed by atoms with Crippen LogP contribution in [0, 0.1) is 0 Å². The summed E-state index contributed by atoms with van der Waals surface area (Å²) in [5.74, 6) is 1.50. The first-order valence-electron chi connectivity index (χ1n) is 6.52. The number of hydrogen-bond acceptors (Lipinski definition) is 5. The second-order valence-electron chi connectivity index (χ2n) is 4.40. The highest BCUT2D eigenvalue weighted by Crippen LogP contribution is 2.30. The van der Waals surface area contributed by atoms with Crippen LogP contribution < -0.4 is 20.1 Å². The van der Waals surface area contributed by atoms with Gasteiger partial charge in [-0.15, -0.1) is 0 Å². The van der Waals surface area contributed by atoms with Crippen LogP contribution in [0.4, 0.5) is 0 Å². The van der Waals surface area contributed by atoms with Crippen LogP contribution >= 0.6 is 0 Å². The fourth-order valence-electron chi connectivity index (χ4n) is 2.03. The molecule has 1 aliphatic heterocycles. The lowest BCUT2D eigenvalue weighted by molar-refractivity contribution is -0.120. The second-order valence-corrected chi connectivity index (χ2v) is 4.40. The maximum absolute atomic E-state index is 12.0. The van der Waals surface area contributed by atoms with Gasteiger partial charge in [-0.25, -0.2) is 0 Å². The number of ether oxygens (including phenoxy) is 3. The Kier molecular flexibility index (Phi) is 4.99. The highest BCUT2D eigenvalue weighted by molar-refractivity contribution is 6.06. The first-order valence-corrected chi connectivity index (χ1v) is 6.52. The SMILES string of the molecule is COCCN=C1NC(=O)C(c2ccc(OC)c(OC)c2)N1. The number of hydrogen-bond donors (Lipinski definition) is 2. The van der Waals surface area contributed by atoms with Gasteiger partial charge in [-0.1, -0.05) is 6.07 Å². The van der Waals surface area contributed by atoms with Gasteiger partial charge in [0, 0.05) is 7.11 Å². The lowest BCUT2D eigenvalue weighted by atomic mass is 10.1. The average Bonchev–Trinajstić information content (AvgIpc) is 2.87. The zero-order chi connectivity index (χ0) is 15.2. The van der Waals surface area contributed by atoms with E-state index in [2.05, 4.69) is 15.6 Å². The molecule has 1 aromatic carbocycles. The van der Waals surface area contributed by atoms with E-state index >= 15 is 0 Å². The predicted octanol–water partition coefficient (Wildman–Crippen LogP) is 0.467. The quantitative estimate of drug-likeness (QED) is 0.745. The number of aliphatic imine (C=N–C) groups is 1. The number of carbonyl (C=O) groups is 1. The van der Waals surface area contributed by atoms with Crippen molar-refractivity contribution < 1.29 is 19.0 Å². The summed E-state index contributed by atoms with van der Waals surface area (Å²) in [6.45, 7) is 0.986. The number of carbonyl (C=O) groups excluding carboxylic acids is 1. The van der Waals surface area contributed by atoms with E-state index in [1.54, 1.807) is 33.5 Å². The predicted molar refractivity (Wildman–Crippen MR) is 77.7 cm³/mol. The normalized spacial score (nSPS) is 19.3. The molecule has 21 heavy (non-hydrogen) atoms. The molecule has 0 bridgehead atoms. The maximum atomic E-state index is 12.0. The zero-order valence-corrected chi connectivity index (χ0v) is 12.3. The van der Waals surface area contributed by atoms with Gasteiger partial charge in [0.2, 0.25) is 0 Å². The molecule has 2 rings (SSSR count). The van der Waals surface area contributed by atoms with E-state index in [1.807, 2.05) is 6.07 Å². The van der Waals surface area contributed by atoms with Gasteiger partial charge in [-0.05, 0) is 17.7 Å². The van der Waals surface area contributed by atoms with Gasteiger partial charge in [-0.3, -0.25) is 15.1 Å². The molecule has 1 unspecified atom stereocenters. The van der Waals surface area contributed by atoms with Crippen LogP contribution in [0.1, 0.15) is 11.6 Å². The standard InChI is InChI=1S/C14H19N3O4/c1-19-7-6-15-14-16-12(13(18)17-14)9-4-5-10(20-2)11(8-9)21-3/h4-5,8,12H,6-7H2,1-3H3,(H2,15,16,17,18). The maximum Gasteiger partial charge on any atom is 0.253 e. The molecule has 114 valence electrons. The summed E-state index contributed by atoms with van der Waals surface area (Å²) < 4.78 is 15.3. The molecule has 7 nitrogen and oxygen atoms in total. The van der Waals surface area contributed by atoms with Crippen LogP contribution in [-0.4, -0.2) is 46.3 Å².